The Bertz CT molecular complexity index is 506. The molecular weight excluding hydrogens is 260 g/mol. The third-order valence-corrected chi connectivity index (χ3v) is 3.28. The fourth-order valence-corrected chi connectivity index (χ4v) is 2.02. The lowest BCUT2D eigenvalue weighted by Gasteiger charge is -2.10. The summed E-state index contributed by atoms with van der Waals surface area (Å²) in [5.74, 6) is 0.0127. The maximum Gasteiger partial charge on any atom is 0.360 e. The van der Waals surface area contributed by atoms with Crippen LogP contribution in [0.1, 0.15) is 48.8 Å². The summed E-state index contributed by atoms with van der Waals surface area (Å²) in [6.07, 6.45) is 2.38. The maximum absolute atomic E-state index is 11.9. The van der Waals surface area contributed by atoms with Gasteiger partial charge in [0.05, 0.1) is 12.8 Å². The van der Waals surface area contributed by atoms with Crippen LogP contribution in [-0.2, 0) is 16.1 Å². The first kappa shape index (κ1) is 14.5. The van der Waals surface area contributed by atoms with Crippen molar-refractivity contribution < 1.29 is 14.3 Å². The second-order valence-corrected chi connectivity index (χ2v) is 5.37. The van der Waals surface area contributed by atoms with E-state index in [0.717, 1.165) is 0 Å². The zero-order valence-electron chi connectivity index (χ0n) is 12.0. The lowest BCUT2D eigenvalue weighted by Crippen LogP contribution is -2.30. The van der Waals surface area contributed by atoms with E-state index < -0.39 is 5.97 Å². The van der Waals surface area contributed by atoms with Crippen molar-refractivity contribution in [3.8, 4) is 0 Å². The topological polar surface area (TPSA) is 86.1 Å². The minimum absolute atomic E-state index is 0.0235. The van der Waals surface area contributed by atoms with Gasteiger partial charge in [-0.05, 0) is 24.7 Å². The van der Waals surface area contributed by atoms with Gasteiger partial charge in [-0.3, -0.25) is 4.79 Å². The number of methoxy groups -OCH3 is 1. The van der Waals surface area contributed by atoms with E-state index in [1.54, 1.807) is 0 Å². The molecule has 20 heavy (non-hydrogen) atoms. The van der Waals surface area contributed by atoms with Gasteiger partial charge < -0.3 is 10.1 Å². The van der Waals surface area contributed by atoms with Crippen LogP contribution >= 0.6 is 0 Å². The molecule has 0 aromatic carbocycles. The standard InChI is InChI=1S/C13H20N4O3/c1-8(2)12-11(13(19)20-3)15-16-17(12)7-10(18)14-6-9-4-5-9/h8-9H,4-7H2,1-3H3,(H,14,18). The molecule has 1 N–H and O–H groups in total. The Morgan fingerprint density at radius 1 is 1.45 bits per heavy atom. The Hall–Kier alpha value is -1.92. The third kappa shape index (κ3) is 3.34. The van der Waals surface area contributed by atoms with E-state index in [9.17, 15) is 9.59 Å². The van der Waals surface area contributed by atoms with E-state index >= 15 is 0 Å². The quantitative estimate of drug-likeness (QED) is 0.776. The number of hydrogen-bond acceptors (Lipinski definition) is 5. The molecule has 0 atom stereocenters. The molecule has 0 aliphatic heterocycles. The zero-order chi connectivity index (χ0) is 14.7. The Kier molecular flexibility index (Phi) is 4.36. The lowest BCUT2D eigenvalue weighted by molar-refractivity contribution is -0.122. The predicted molar refractivity (Wildman–Crippen MR) is 71.2 cm³/mol. The van der Waals surface area contributed by atoms with Gasteiger partial charge in [0, 0.05) is 6.54 Å². The number of esters is 1. The van der Waals surface area contributed by atoms with E-state index in [4.69, 9.17) is 0 Å². The fourth-order valence-electron chi connectivity index (χ4n) is 2.02. The van der Waals surface area contributed by atoms with Gasteiger partial charge in [-0.2, -0.15) is 0 Å². The number of nitrogens with zero attached hydrogens (tertiary/aromatic N) is 3. The van der Waals surface area contributed by atoms with Crippen LogP contribution in [0.2, 0.25) is 0 Å². The highest BCUT2D eigenvalue weighted by atomic mass is 16.5. The van der Waals surface area contributed by atoms with E-state index in [0.29, 0.717) is 18.2 Å². The van der Waals surface area contributed by atoms with Crippen LogP contribution in [0.4, 0.5) is 0 Å². The molecule has 1 amide bonds. The molecule has 1 saturated carbocycles. The SMILES string of the molecule is COC(=O)c1nnn(CC(=O)NCC2CC2)c1C(C)C. The summed E-state index contributed by atoms with van der Waals surface area (Å²) in [4.78, 5) is 23.5. The average Bonchev–Trinajstić information content (AvgIpc) is 3.15. The van der Waals surface area contributed by atoms with E-state index in [-0.39, 0.29) is 24.1 Å². The molecule has 110 valence electrons. The molecule has 1 aromatic heterocycles. The smallest absolute Gasteiger partial charge is 0.360 e. The molecule has 1 aliphatic carbocycles. The summed E-state index contributed by atoms with van der Waals surface area (Å²) >= 11 is 0. The highest BCUT2D eigenvalue weighted by Gasteiger charge is 2.25. The molecule has 1 heterocycles. The highest BCUT2D eigenvalue weighted by Crippen LogP contribution is 2.27. The van der Waals surface area contributed by atoms with Crippen molar-refractivity contribution in [2.24, 2.45) is 5.92 Å². The van der Waals surface area contributed by atoms with Crippen molar-refractivity contribution in [2.75, 3.05) is 13.7 Å². The minimum atomic E-state index is -0.529. The molecule has 7 nitrogen and oxygen atoms in total. The molecule has 1 aliphatic rings. The van der Waals surface area contributed by atoms with Gasteiger partial charge in [0.25, 0.3) is 0 Å². The van der Waals surface area contributed by atoms with Crippen LogP contribution < -0.4 is 5.32 Å². The van der Waals surface area contributed by atoms with Gasteiger partial charge in [0.2, 0.25) is 5.91 Å². The molecule has 0 spiro atoms. The predicted octanol–water partition coefficient (Wildman–Crippen LogP) is 0.714. The number of amides is 1. The third-order valence-electron chi connectivity index (χ3n) is 3.28. The van der Waals surface area contributed by atoms with Gasteiger partial charge in [-0.15, -0.1) is 5.10 Å². The van der Waals surface area contributed by atoms with Crippen molar-refractivity contribution in [2.45, 2.75) is 39.2 Å². The second-order valence-electron chi connectivity index (χ2n) is 5.37. The Balaban J connectivity index is 2.07. The summed E-state index contributed by atoms with van der Waals surface area (Å²) in [7, 11) is 1.30. The number of ether oxygens (including phenoxy) is 1. The van der Waals surface area contributed by atoms with Crippen LogP contribution in [0.3, 0.4) is 0 Å². The van der Waals surface area contributed by atoms with Crippen LogP contribution in [0.15, 0.2) is 0 Å². The minimum Gasteiger partial charge on any atom is -0.464 e. The van der Waals surface area contributed by atoms with E-state index in [1.165, 1.54) is 24.6 Å². The molecule has 0 unspecified atom stereocenters. The Morgan fingerprint density at radius 2 is 2.15 bits per heavy atom. The van der Waals surface area contributed by atoms with Crippen molar-refractivity contribution in [3.63, 3.8) is 0 Å². The first-order chi connectivity index (χ1) is 9.52. The number of rotatable bonds is 6. The Labute approximate surface area is 117 Å². The number of hydrogen-bond donors (Lipinski definition) is 1. The summed E-state index contributed by atoms with van der Waals surface area (Å²) in [5.41, 5.74) is 0.802. The van der Waals surface area contributed by atoms with Crippen molar-refractivity contribution >= 4 is 11.9 Å². The Morgan fingerprint density at radius 3 is 2.70 bits per heavy atom. The molecular formula is C13H20N4O3. The molecule has 1 aromatic rings. The van der Waals surface area contributed by atoms with Crippen molar-refractivity contribution in [1.82, 2.24) is 20.3 Å². The van der Waals surface area contributed by atoms with Gasteiger partial charge in [-0.1, -0.05) is 19.1 Å². The molecule has 0 bridgehead atoms. The fraction of sp³-hybridized carbons (Fsp3) is 0.692. The van der Waals surface area contributed by atoms with Gasteiger partial charge in [0.1, 0.15) is 6.54 Å². The summed E-state index contributed by atoms with van der Waals surface area (Å²) in [6, 6.07) is 0. The lowest BCUT2D eigenvalue weighted by atomic mass is 10.1. The number of carbonyl (C=O) groups is 2. The number of carbonyl (C=O) groups excluding carboxylic acids is 2. The average molecular weight is 280 g/mol. The van der Waals surface area contributed by atoms with E-state index in [2.05, 4.69) is 20.4 Å². The number of nitrogens with one attached hydrogen (secondary N) is 1. The molecule has 7 heteroatoms. The van der Waals surface area contributed by atoms with Crippen LogP contribution in [-0.4, -0.2) is 40.5 Å². The van der Waals surface area contributed by atoms with Crippen molar-refractivity contribution in [3.05, 3.63) is 11.4 Å². The number of aromatic nitrogens is 3. The summed E-state index contributed by atoms with van der Waals surface area (Å²) in [5, 5.41) is 10.6. The van der Waals surface area contributed by atoms with Gasteiger partial charge in [0.15, 0.2) is 5.69 Å². The van der Waals surface area contributed by atoms with Crippen molar-refractivity contribution in [1.29, 1.82) is 0 Å². The normalized spacial score (nSPS) is 14.4. The summed E-state index contributed by atoms with van der Waals surface area (Å²) < 4.78 is 6.15. The molecule has 0 radical (unpaired) electrons. The first-order valence-corrected chi connectivity index (χ1v) is 6.81. The van der Waals surface area contributed by atoms with Crippen LogP contribution in [0.25, 0.3) is 0 Å². The van der Waals surface area contributed by atoms with Gasteiger partial charge in [-0.25, -0.2) is 9.48 Å². The molecule has 2 rings (SSSR count). The van der Waals surface area contributed by atoms with Crippen LogP contribution in [0, 0.1) is 5.92 Å². The van der Waals surface area contributed by atoms with Gasteiger partial charge >= 0.3 is 5.97 Å². The maximum atomic E-state index is 11.9. The highest BCUT2D eigenvalue weighted by molar-refractivity contribution is 5.88. The molecule has 1 fully saturated rings. The molecule has 0 saturated heterocycles. The second kappa shape index (κ2) is 6.02. The summed E-state index contributed by atoms with van der Waals surface area (Å²) in [6.45, 7) is 4.63. The monoisotopic (exact) mass is 280 g/mol. The van der Waals surface area contributed by atoms with E-state index in [1.807, 2.05) is 13.8 Å². The first-order valence-electron chi connectivity index (χ1n) is 6.81. The van der Waals surface area contributed by atoms with Crippen LogP contribution in [0.5, 0.6) is 0 Å². The largest absolute Gasteiger partial charge is 0.464 e. The zero-order valence-corrected chi connectivity index (χ0v) is 12.0.